The number of Topliss-reactive ketones (excluding diaryl/α,β-unsaturated/α-hetero) is 1. The van der Waals surface area contributed by atoms with E-state index in [2.05, 4.69) is 15.9 Å². The van der Waals surface area contributed by atoms with Gasteiger partial charge in [-0.3, -0.25) is 4.79 Å². The summed E-state index contributed by atoms with van der Waals surface area (Å²) in [6, 6.07) is 5.00. The summed E-state index contributed by atoms with van der Waals surface area (Å²) in [6.45, 7) is 5.64. The predicted octanol–water partition coefficient (Wildman–Crippen LogP) is 3.46. The molecule has 1 aromatic carbocycles. The SMILES string of the molecule is CCOC(=O)c1ccc(Br)cc1C(=O)C(C)C. The fraction of sp³-hybridized carbons (Fsp3) is 0.385. The molecule has 0 spiro atoms. The van der Waals surface area contributed by atoms with Gasteiger partial charge in [0.25, 0.3) is 0 Å². The maximum Gasteiger partial charge on any atom is 0.338 e. The number of carbonyl (C=O) groups is 2. The highest BCUT2D eigenvalue weighted by Crippen LogP contribution is 2.20. The Morgan fingerprint density at radius 2 is 1.94 bits per heavy atom. The van der Waals surface area contributed by atoms with E-state index in [0.717, 1.165) is 4.47 Å². The number of carbonyl (C=O) groups excluding carboxylic acids is 2. The number of ether oxygens (including phenoxy) is 1. The van der Waals surface area contributed by atoms with Gasteiger partial charge in [-0.2, -0.15) is 0 Å². The molecular formula is C13H15BrO3. The van der Waals surface area contributed by atoms with Gasteiger partial charge in [0.1, 0.15) is 0 Å². The van der Waals surface area contributed by atoms with Crippen molar-refractivity contribution in [1.29, 1.82) is 0 Å². The van der Waals surface area contributed by atoms with Crippen LogP contribution < -0.4 is 0 Å². The number of esters is 1. The average molecular weight is 299 g/mol. The molecule has 3 nitrogen and oxygen atoms in total. The van der Waals surface area contributed by atoms with Gasteiger partial charge < -0.3 is 4.74 Å². The second kappa shape index (κ2) is 5.96. The number of rotatable bonds is 4. The Morgan fingerprint density at radius 1 is 1.29 bits per heavy atom. The first-order chi connectivity index (χ1) is 7.97. The lowest BCUT2D eigenvalue weighted by molar-refractivity contribution is 0.0522. The number of hydrogen-bond donors (Lipinski definition) is 0. The normalized spacial score (nSPS) is 10.4. The van der Waals surface area contributed by atoms with E-state index in [4.69, 9.17) is 4.74 Å². The Bertz CT molecular complexity index is 438. The molecule has 4 heteroatoms. The van der Waals surface area contributed by atoms with Gasteiger partial charge in [0.15, 0.2) is 5.78 Å². The van der Waals surface area contributed by atoms with E-state index in [9.17, 15) is 9.59 Å². The Balaban J connectivity index is 3.21. The molecule has 0 radical (unpaired) electrons. The molecule has 0 unspecified atom stereocenters. The van der Waals surface area contributed by atoms with Crippen molar-refractivity contribution >= 4 is 27.7 Å². The number of benzene rings is 1. The van der Waals surface area contributed by atoms with E-state index in [0.29, 0.717) is 17.7 Å². The number of halogens is 1. The van der Waals surface area contributed by atoms with Crippen molar-refractivity contribution in [2.45, 2.75) is 20.8 Å². The first kappa shape index (κ1) is 13.9. The quantitative estimate of drug-likeness (QED) is 0.631. The molecule has 1 aromatic rings. The summed E-state index contributed by atoms with van der Waals surface area (Å²) in [4.78, 5) is 23.7. The molecule has 0 amide bonds. The van der Waals surface area contributed by atoms with E-state index in [1.807, 2.05) is 0 Å². The maximum absolute atomic E-state index is 12.0. The molecule has 0 fully saturated rings. The molecule has 17 heavy (non-hydrogen) atoms. The molecule has 0 aliphatic heterocycles. The van der Waals surface area contributed by atoms with Crippen LogP contribution in [0.25, 0.3) is 0 Å². The van der Waals surface area contributed by atoms with Crippen LogP contribution in [0.4, 0.5) is 0 Å². The molecule has 1 rings (SSSR count). The predicted molar refractivity (Wildman–Crippen MR) is 69.3 cm³/mol. The zero-order chi connectivity index (χ0) is 13.0. The smallest absolute Gasteiger partial charge is 0.338 e. The van der Waals surface area contributed by atoms with Gasteiger partial charge in [0, 0.05) is 16.0 Å². The summed E-state index contributed by atoms with van der Waals surface area (Å²) < 4.78 is 5.70. The third kappa shape index (κ3) is 3.40. The van der Waals surface area contributed by atoms with E-state index in [-0.39, 0.29) is 11.7 Å². The molecule has 0 N–H and O–H groups in total. The van der Waals surface area contributed by atoms with Crippen molar-refractivity contribution < 1.29 is 14.3 Å². The van der Waals surface area contributed by atoms with Gasteiger partial charge in [-0.05, 0) is 25.1 Å². The van der Waals surface area contributed by atoms with Crippen molar-refractivity contribution in [1.82, 2.24) is 0 Å². The van der Waals surface area contributed by atoms with Crippen LogP contribution in [0, 0.1) is 5.92 Å². The highest BCUT2D eigenvalue weighted by atomic mass is 79.9. The third-order valence-electron chi connectivity index (χ3n) is 2.27. The summed E-state index contributed by atoms with van der Waals surface area (Å²) >= 11 is 3.30. The lowest BCUT2D eigenvalue weighted by Crippen LogP contribution is -2.15. The van der Waals surface area contributed by atoms with Gasteiger partial charge in [0.05, 0.1) is 12.2 Å². The maximum atomic E-state index is 12.0. The van der Waals surface area contributed by atoms with Gasteiger partial charge in [-0.15, -0.1) is 0 Å². The van der Waals surface area contributed by atoms with Gasteiger partial charge in [-0.25, -0.2) is 4.79 Å². The van der Waals surface area contributed by atoms with Crippen LogP contribution >= 0.6 is 15.9 Å². The molecule has 0 saturated heterocycles. The lowest BCUT2D eigenvalue weighted by Gasteiger charge is -2.10. The van der Waals surface area contributed by atoms with Crippen LogP contribution in [-0.4, -0.2) is 18.4 Å². The highest BCUT2D eigenvalue weighted by Gasteiger charge is 2.20. The van der Waals surface area contributed by atoms with Gasteiger partial charge in [0.2, 0.25) is 0 Å². The zero-order valence-electron chi connectivity index (χ0n) is 10.1. The molecule has 0 aliphatic rings. The summed E-state index contributed by atoms with van der Waals surface area (Å²) in [5.41, 5.74) is 0.738. The molecule has 0 aliphatic carbocycles. The van der Waals surface area contributed by atoms with Crippen molar-refractivity contribution in [3.8, 4) is 0 Å². The summed E-state index contributed by atoms with van der Waals surface area (Å²) in [5.74, 6) is -0.671. The second-order valence-electron chi connectivity index (χ2n) is 3.93. The molecular weight excluding hydrogens is 284 g/mol. The van der Waals surface area contributed by atoms with Gasteiger partial charge in [-0.1, -0.05) is 29.8 Å². The Labute approximate surface area is 109 Å². The monoisotopic (exact) mass is 298 g/mol. The molecule has 0 heterocycles. The molecule has 0 saturated carbocycles. The summed E-state index contributed by atoms with van der Waals surface area (Å²) in [5, 5.41) is 0. The minimum Gasteiger partial charge on any atom is -0.462 e. The van der Waals surface area contributed by atoms with Crippen LogP contribution in [0.5, 0.6) is 0 Å². The second-order valence-corrected chi connectivity index (χ2v) is 4.85. The molecule has 0 aromatic heterocycles. The first-order valence-corrected chi connectivity index (χ1v) is 6.27. The molecule has 92 valence electrons. The standard InChI is InChI=1S/C13H15BrO3/c1-4-17-13(16)10-6-5-9(14)7-11(10)12(15)8(2)3/h5-8H,4H2,1-3H3. The van der Waals surface area contributed by atoms with Crippen LogP contribution in [0.2, 0.25) is 0 Å². The zero-order valence-corrected chi connectivity index (χ0v) is 11.7. The van der Waals surface area contributed by atoms with Crippen molar-refractivity contribution in [2.24, 2.45) is 5.92 Å². The Morgan fingerprint density at radius 3 is 2.47 bits per heavy atom. The summed E-state index contributed by atoms with van der Waals surface area (Å²) in [7, 11) is 0. The summed E-state index contributed by atoms with van der Waals surface area (Å²) in [6.07, 6.45) is 0. The van der Waals surface area contributed by atoms with Gasteiger partial charge >= 0.3 is 5.97 Å². The minimum atomic E-state index is -0.455. The minimum absolute atomic E-state index is 0.0608. The van der Waals surface area contributed by atoms with Crippen molar-refractivity contribution in [3.05, 3.63) is 33.8 Å². The molecule has 0 bridgehead atoms. The average Bonchev–Trinajstić information content (AvgIpc) is 2.28. The van der Waals surface area contributed by atoms with Crippen LogP contribution in [0.15, 0.2) is 22.7 Å². The van der Waals surface area contributed by atoms with E-state index < -0.39 is 5.97 Å². The Kier molecular flexibility index (Phi) is 4.87. The fourth-order valence-electron chi connectivity index (χ4n) is 1.42. The molecule has 0 atom stereocenters. The topological polar surface area (TPSA) is 43.4 Å². The largest absolute Gasteiger partial charge is 0.462 e. The van der Waals surface area contributed by atoms with Crippen LogP contribution in [0.3, 0.4) is 0 Å². The lowest BCUT2D eigenvalue weighted by atomic mass is 9.96. The van der Waals surface area contributed by atoms with Crippen molar-refractivity contribution in [3.63, 3.8) is 0 Å². The number of hydrogen-bond acceptors (Lipinski definition) is 3. The van der Waals surface area contributed by atoms with Crippen LogP contribution in [-0.2, 0) is 4.74 Å². The van der Waals surface area contributed by atoms with Crippen LogP contribution in [0.1, 0.15) is 41.5 Å². The van der Waals surface area contributed by atoms with E-state index >= 15 is 0 Å². The Hall–Kier alpha value is -1.16. The first-order valence-electron chi connectivity index (χ1n) is 5.48. The third-order valence-corrected chi connectivity index (χ3v) is 2.76. The highest BCUT2D eigenvalue weighted by molar-refractivity contribution is 9.10. The number of ketones is 1. The van der Waals surface area contributed by atoms with E-state index in [1.54, 1.807) is 39.0 Å². The van der Waals surface area contributed by atoms with Crippen molar-refractivity contribution in [2.75, 3.05) is 6.61 Å². The van der Waals surface area contributed by atoms with E-state index in [1.165, 1.54) is 0 Å². The fourth-order valence-corrected chi connectivity index (χ4v) is 1.78.